The predicted octanol–water partition coefficient (Wildman–Crippen LogP) is 6.45. The molecule has 2 heterocycles. The number of anilines is 3. The van der Waals surface area contributed by atoms with Gasteiger partial charge in [-0.3, -0.25) is 19.3 Å². The Hall–Kier alpha value is -3.94. The number of aromatic nitrogens is 4. The van der Waals surface area contributed by atoms with Crippen molar-refractivity contribution in [2.45, 2.75) is 66.8 Å². The number of nitrogens with zero attached hydrogens (tertiary/aromatic N) is 4. The highest BCUT2D eigenvalue weighted by atomic mass is 31.2. The average molecular weight is 700 g/mol. The highest BCUT2D eigenvalue weighted by Crippen LogP contribution is 2.51. The van der Waals surface area contributed by atoms with Crippen LogP contribution in [0.3, 0.4) is 0 Å². The summed E-state index contributed by atoms with van der Waals surface area (Å²) in [5.41, 5.74) is 0.141. The zero-order valence-corrected chi connectivity index (χ0v) is 30.0. The van der Waals surface area contributed by atoms with Crippen LogP contribution in [0, 0.1) is 16.6 Å². The molecule has 1 amide bonds. The molecular formula is C34H47FN7O6P. The van der Waals surface area contributed by atoms with Crippen LogP contribution in [-0.2, 0) is 20.3 Å². The molecule has 266 valence electrons. The quantitative estimate of drug-likeness (QED) is 0.0682. The normalized spacial score (nSPS) is 12.8. The van der Waals surface area contributed by atoms with Gasteiger partial charge >= 0.3 is 7.82 Å². The molecule has 0 fully saturated rings. The van der Waals surface area contributed by atoms with Crippen LogP contribution in [0.1, 0.15) is 60.6 Å². The fraction of sp³-hybridized carbons (Fsp3) is 0.471. The van der Waals surface area contributed by atoms with Crippen LogP contribution >= 0.6 is 7.82 Å². The number of aromatic amines is 1. The Morgan fingerprint density at radius 3 is 2.43 bits per heavy atom. The first-order chi connectivity index (χ1) is 22.9. The lowest BCUT2D eigenvalue weighted by Crippen LogP contribution is -2.67. The highest BCUT2D eigenvalue weighted by Gasteiger charge is 2.55. The third kappa shape index (κ3) is 9.61. The maximum Gasteiger partial charge on any atom is 0.469 e. The Kier molecular flexibility index (Phi) is 11.8. The zero-order chi connectivity index (χ0) is 36.0. The van der Waals surface area contributed by atoms with Gasteiger partial charge in [-0.25, -0.2) is 18.9 Å². The predicted molar refractivity (Wildman–Crippen MR) is 187 cm³/mol. The number of benzene rings is 2. The summed E-state index contributed by atoms with van der Waals surface area (Å²) < 4.78 is 36.5. The first-order valence-corrected chi connectivity index (χ1v) is 17.6. The number of carbonyl (C=O) groups is 1. The number of nitrogens with one attached hydrogen (secondary N) is 3. The molecule has 2 aromatic carbocycles. The molecule has 0 bridgehead atoms. The largest absolute Gasteiger partial charge is 0.493 e. The number of hydrogen-bond donors (Lipinski definition) is 5. The van der Waals surface area contributed by atoms with Crippen molar-refractivity contribution in [2.75, 3.05) is 36.9 Å². The summed E-state index contributed by atoms with van der Waals surface area (Å²) in [4.78, 5) is 42.6. The molecule has 4 aromatic rings. The molecule has 0 radical (unpaired) electrons. The highest BCUT2D eigenvalue weighted by molar-refractivity contribution is 7.46. The molecule has 5 N–H and O–H groups in total. The second-order valence-corrected chi connectivity index (χ2v) is 15.2. The number of amides is 1. The van der Waals surface area contributed by atoms with Gasteiger partial charge in [0.1, 0.15) is 23.7 Å². The van der Waals surface area contributed by atoms with Crippen molar-refractivity contribution >= 4 is 42.0 Å². The summed E-state index contributed by atoms with van der Waals surface area (Å²) in [7, 11) is -4.68. The van der Waals surface area contributed by atoms with Crippen molar-refractivity contribution in [3.8, 4) is 5.75 Å². The van der Waals surface area contributed by atoms with Gasteiger partial charge in [-0.2, -0.15) is 5.10 Å². The van der Waals surface area contributed by atoms with Crippen molar-refractivity contribution in [2.24, 2.45) is 10.8 Å². The summed E-state index contributed by atoms with van der Waals surface area (Å²) in [6.45, 7) is 16.0. The molecule has 0 atom stereocenters. The van der Waals surface area contributed by atoms with Crippen molar-refractivity contribution in [3.05, 3.63) is 66.4 Å². The maximum atomic E-state index is 13.4. The van der Waals surface area contributed by atoms with Crippen LogP contribution in [0.2, 0.25) is 0 Å². The smallest absolute Gasteiger partial charge is 0.469 e. The molecule has 0 spiro atoms. The number of ether oxygens (including phenoxy) is 1. The van der Waals surface area contributed by atoms with Crippen LogP contribution in [0.4, 0.5) is 21.7 Å². The molecule has 0 saturated heterocycles. The van der Waals surface area contributed by atoms with Crippen LogP contribution in [0.25, 0.3) is 10.9 Å². The molecule has 0 aliphatic heterocycles. The molecular weight excluding hydrogens is 652 g/mol. The number of likely N-dealkylation sites (N-methyl/N-ethyl adjacent to an activating group) is 1. The topological polar surface area (TPSA) is 175 Å². The van der Waals surface area contributed by atoms with E-state index in [-0.39, 0.29) is 29.8 Å². The lowest BCUT2D eigenvalue weighted by Gasteiger charge is -2.59. The molecule has 4 rings (SSSR count). The first-order valence-electron chi connectivity index (χ1n) is 16.1. The lowest BCUT2D eigenvalue weighted by atomic mass is 9.59. The van der Waals surface area contributed by atoms with E-state index in [1.54, 1.807) is 12.1 Å². The molecule has 13 nitrogen and oxygen atoms in total. The van der Waals surface area contributed by atoms with E-state index < -0.39 is 19.2 Å². The van der Waals surface area contributed by atoms with Gasteiger partial charge in [-0.05, 0) is 54.1 Å². The minimum absolute atomic E-state index is 0.0149. The molecule has 0 saturated carbocycles. The van der Waals surface area contributed by atoms with E-state index in [1.165, 1.54) is 24.5 Å². The fourth-order valence-corrected chi connectivity index (χ4v) is 7.00. The Morgan fingerprint density at radius 1 is 1.04 bits per heavy atom. The van der Waals surface area contributed by atoms with Crippen LogP contribution in [-0.4, -0.2) is 72.6 Å². The van der Waals surface area contributed by atoms with Crippen molar-refractivity contribution < 1.29 is 32.8 Å². The van der Waals surface area contributed by atoms with Crippen molar-refractivity contribution in [3.63, 3.8) is 0 Å². The molecule has 2 aromatic heterocycles. The molecule has 15 heteroatoms. The Balaban J connectivity index is 1.38. The number of fused-ring (bicyclic) bond motifs is 1. The van der Waals surface area contributed by atoms with Gasteiger partial charge in [0.2, 0.25) is 5.91 Å². The summed E-state index contributed by atoms with van der Waals surface area (Å²) >= 11 is 0. The fourth-order valence-electron chi connectivity index (χ4n) is 6.65. The third-order valence-electron chi connectivity index (χ3n) is 8.63. The SMILES string of the molecule is CCN(CCCOc1ccc2c(Nc3cc(CC(=O)Nc4cccc(F)c4)[nH]n3)ncnc2c1)C(COP(=O)(O)O)(C(C)(C)C)C(C)(C)C. The zero-order valence-electron chi connectivity index (χ0n) is 29.1. The van der Waals surface area contributed by atoms with Crippen molar-refractivity contribution in [1.82, 2.24) is 25.1 Å². The van der Waals surface area contributed by atoms with Gasteiger partial charge in [0.15, 0.2) is 5.82 Å². The summed E-state index contributed by atoms with van der Waals surface area (Å²) in [5, 5.41) is 13.6. The van der Waals surface area contributed by atoms with E-state index in [4.69, 9.17) is 9.26 Å². The lowest BCUT2D eigenvalue weighted by molar-refractivity contribution is -0.116. The Bertz CT molecular complexity index is 1770. The number of rotatable bonds is 15. The number of phosphoric acid groups is 1. The van der Waals surface area contributed by atoms with E-state index in [1.807, 2.05) is 25.1 Å². The van der Waals surface area contributed by atoms with Crippen LogP contribution in [0.15, 0.2) is 54.9 Å². The summed E-state index contributed by atoms with van der Waals surface area (Å²) in [6, 6.07) is 12.9. The van der Waals surface area contributed by atoms with Crippen LogP contribution in [0.5, 0.6) is 5.75 Å². The van der Waals surface area contributed by atoms with Crippen molar-refractivity contribution in [1.29, 1.82) is 0 Å². The Labute approximate surface area is 286 Å². The Morgan fingerprint density at radius 2 is 1.78 bits per heavy atom. The first kappa shape index (κ1) is 37.9. The van der Waals surface area contributed by atoms with E-state index in [0.29, 0.717) is 60.4 Å². The number of carbonyl (C=O) groups excluding carboxylic acids is 1. The summed E-state index contributed by atoms with van der Waals surface area (Å²) in [5.74, 6) is 0.863. The van der Waals surface area contributed by atoms with Gasteiger partial charge in [-0.1, -0.05) is 54.5 Å². The van der Waals surface area contributed by atoms with E-state index in [9.17, 15) is 23.5 Å². The number of halogens is 1. The van der Waals surface area contributed by atoms with Gasteiger partial charge in [0.05, 0.1) is 30.7 Å². The summed E-state index contributed by atoms with van der Waals surface area (Å²) in [6.07, 6.45) is 2.11. The minimum atomic E-state index is -4.68. The third-order valence-corrected chi connectivity index (χ3v) is 9.10. The second-order valence-electron chi connectivity index (χ2n) is 13.9. The molecule has 0 aliphatic carbocycles. The minimum Gasteiger partial charge on any atom is -0.493 e. The van der Waals surface area contributed by atoms with Gasteiger partial charge in [0, 0.05) is 35.4 Å². The van der Waals surface area contributed by atoms with Gasteiger partial charge < -0.3 is 25.2 Å². The number of phosphoric ester groups is 1. The number of H-pyrrole nitrogens is 1. The molecule has 0 aliphatic rings. The standard InChI is InChI=1S/C34H47FN7O6P/c1-8-42(34(32(2,3)4,33(5,6)7)21-48-49(44,45)46)15-10-16-47-26-13-14-27-28(20-26)36-22-37-31(27)39-29-18-25(40-41-29)19-30(43)38-24-12-9-11-23(35)17-24/h9,11-14,17-18,20,22H,8,10,15-16,19,21H2,1-7H3,(H,38,43)(H2,44,45,46)(H2,36,37,39,40,41). The molecule has 49 heavy (non-hydrogen) atoms. The van der Waals surface area contributed by atoms with E-state index in [0.717, 1.165) is 5.39 Å². The molecule has 0 unspecified atom stereocenters. The van der Waals surface area contributed by atoms with Gasteiger partial charge in [0.25, 0.3) is 0 Å². The monoisotopic (exact) mass is 699 g/mol. The number of hydrogen-bond acceptors (Lipinski definition) is 9. The second kappa shape index (κ2) is 15.3. The van der Waals surface area contributed by atoms with Crippen LogP contribution < -0.4 is 15.4 Å². The van der Waals surface area contributed by atoms with E-state index in [2.05, 4.69) is 77.2 Å². The average Bonchev–Trinajstić information content (AvgIpc) is 3.42. The maximum absolute atomic E-state index is 13.4. The van der Waals surface area contributed by atoms with E-state index >= 15 is 0 Å². The van der Waals surface area contributed by atoms with Gasteiger partial charge in [-0.15, -0.1) is 0 Å².